The molecule has 1 saturated heterocycles. The summed E-state index contributed by atoms with van der Waals surface area (Å²) in [6.45, 7) is 5.06. The minimum absolute atomic E-state index is 0.119. The first kappa shape index (κ1) is 23.3. The summed E-state index contributed by atoms with van der Waals surface area (Å²) in [5, 5.41) is 9.27. The van der Waals surface area contributed by atoms with Crippen molar-refractivity contribution in [3.05, 3.63) is 108 Å². The lowest BCUT2D eigenvalue weighted by Crippen LogP contribution is -2.42. The quantitative estimate of drug-likeness (QED) is 0.369. The zero-order chi connectivity index (χ0) is 24.0. The molecule has 0 spiro atoms. The second kappa shape index (κ2) is 10.9. The summed E-state index contributed by atoms with van der Waals surface area (Å²) in [6.07, 6.45) is 0.818. The van der Waals surface area contributed by atoms with E-state index in [0.29, 0.717) is 6.54 Å². The first-order chi connectivity index (χ1) is 17.2. The first-order valence-electron chi connectivity index (χ1n) is 12.6. The van der Waals surface area contributed by atoms with Gasteiger partial charge in [-0.2, -0.15) is 0 Å². The van der Waals surface area contributed by atoms with E-state index < -0.39 is 0 Å². The van der Waals surface area contributed by atoms with E-state index in [4.69, 9.17) is 0 Å². The molecule has 0 unspecified atom stereocenters. The van der Waals surface area contributed by atoms with Gasteiger partial charge in [0.1, 0.15) is 0 Å². The van der Waals surface area contributed by atoms with Crippen LogP contribution in [0.2, 0.25) is 0 Å². The average molecular weight is 464 g/mol. The van der Waals surface area contributed by atoms with E-state index in [1.165, 1.54) is 33.0 Å². The van der Waals surface area contributed by atoms with Crippen LogP contribution >= 0.6 is 0 Å². The molecule has 0 saturated carbocycles. The Morgan fingerprint density at radius 3 is 2.37 bits per heavy atom. The molecule has 2 atom stereocenters. The summed E-state index contributed by atoms with van der Waals surface area (Å²) < 4.78 is 0. The fourth-order valence-electron chi connectivity index (χ4n) is 5.15. The van der Waals surface area contributed by atoms with Crippen molar-refractivity contribution in [2.75, 3.05) is 13.1 Å². The third-order valence-electron chi connectivity index (χ3n) is 6.97. The lowest BCUT2D eigenvalue weighted by Gasteiger charge is -2.24. The number of likely N-dealkylation sites (tertiary alicyclic amines) is 1. The Morgan fingerprint density at radius 2 is 1.57 bits per heavy atom. The lowest BCUT2D eigenvalue weighted by molar-refractivity contribution is -0.125. The molecular formula is C31H33N3O. The third-order valence-corrected chi connectivity index (χ3v) is 6.97. The van der Waals surface area contributed by atoms with Crippen molar-refractivity contribution in [2.24, 2.45) is 0 Å². The van der Waals surface area contributed by atoms with Crippen molar-refractivity contribution >= 4 is 16.7 Å². The molecule has 35 heavy (non-hydrogen) atoms. The largest absolute Gasteiger partial charge is 0.355 e. The van der Waals surface area contributed by atoms with E-state index in [0.717, 1.165) is 26.1 Å². The normalized spacial score (nSPS) is 18.1. The van der Waals surface area contributed by atoms with Gasteiger partial charge in [0.15, 0.2) is 0 Å². The van der Waals surface area contributed by atoms with E-state index in [2.05, 4.69) is 107 Å². The molecule has 4 aromatic rings. The second-order valence-corrected chi connectivity index (χ2v) is 9.35. The van der Waals surface area contributed by atoms with Gasteiger partial charge in [-0.15, -0.1) is 0 Å². The van der Waals surface area contributed by atoms with Crippen LogP contribution in [0.1, 0.15) is 24.5 Å². The van der Waals surface area contributed by atoms with Crippen molar-refractivity contribution < 1.29 is 4.79 Å². The number of hydrogen-bond acceptors (Lipinski definition) is 3. The highest BCUT2D eigenvalue weighted by Gasteiger charge is 2.36. The molecule has 1 aliphatic rings. The van der Waals surface area contributed by atoms with Crippen LogP contribution in [0.25, 0.3) is 21.9 Å². The summed E-state index contributed by atoms with van der Waals surface area (Å²) in [5.41, 5.74) is 4.99. The molecule has 0 radical (unpaired) electrons. The van der Waals surface area contributed by atoms with Crippen LogP contribution in [0.3, 0.4) is 0 Å². The number of carbonyl (C=O) groups is 1. The Hall–Kier alpha value is -3.47. The number of fused-ring (bicyclic) bond motifs is 1. The summed E-state index contributed by atoms with van der Waals surface area (Å²) in [5.74, 6) is 0.129. The van der Waals surface area contributed by atoms with Gasteiger partial charge in [-0.05, 0) is 46.4 Å². The van der Waals surface area contributed by atoms with Crippen molar-refractivity contribution in [2.45, 2.75) is 38.5 Å². The molecule has 4 aromatic carbocycles. The molecule has 1 fully saturated rings. The van der Waals surface area contributed by atoms with Gasteiger partial charge in [0.05, 0.1) is 6.04 Å². The average Bonchev–Trinajstić information content (AvgIpc) is 3.31. The molecule has 4 nitrogen and oxygen atoms in total. The van der Waals surface area contributed by atoms with Gasteiger partial charge in [0.2, 0.25) is 5.91 Å². The summed E-state index contributed by atoms with van der Waals surface area (Å²) in [7, 11) is 0. The molecule has 2 N–H and O–H groups in total. The smallest absolute Gasteiger partial charge is 0.237 e. The van der Waals surface area contributed by atoms with Crippen molar-refractivity contribution in [3.8, 4) is 11.1 Å². The second-order valence-electron chi connectivity index (χ2n) is 9.35. The van der Waals surface area contributed by atoms with Crippen LogP contribution in [0.4, 0.5) is 0 Å². The molecule has 4 heteroatoms. The van der Waals surface area contributed by atoms with E-state index in [9.17, 15) is 4.79 Å². The van der Waals surface area contributed by atoms with Gasteiger partial charge < -0.3 is 10.6 Å². The van der Waals surface area contributed by atoms with Crippen LogP contribution in [0.5, 0.6) is 0 Å². The number of benzene rings is 4. The summed E-state index contributed by atoms with van der Waals surface area (Å²) >= 11 is 0. The molecule has 0 bridgehead atoms. The monoisotopic (exact) mass is 463 g/mol. The van der Waals surface area contributed by atoms with Crippen molar-refractivity contribution in [1.29, 1.82) is 0 Å². The first-order valence-corrected chi connectivity index (χ1v) is 12.6. The highest BCUT2D eigenvalue weighted by atomic mass is 16.2. The van der Waals surface area contributed by atoms with Crippen LogP contribution in [-0.4, -0.2) is 36.0 Å². The topological polar surface area (TPSA) is 44.4 Å². The maximum Gasteiger partial charge on any atom is 0.237 e. The minimum Gasteiger partial charge on any atom is -0.355 e. The fourth-order valence-corrected chi connectivity index (χ4v) is 5.15. The van der Waals surface area contributed by atoms with E-state index in [1.807, 2.05) is 13.0 Å². The Bertz CT molecular complexity index is 1260. The Morgan fingerprint density at radius 1 is 0.857 bits per heavy atom. The lowest BCUT2D eigenvalue weighted by atomic mass is 10.0. The van der Waals surface area contributed by atoms with E-state index in [1.54, 1.807) is 0 Å². The van der Waals surface area contributed by atoms with E-state index in [-0.39, 0.29) is 18.0 Å². The number of nitrogens with zero attached hydrogens (tertiary/aromatic N) is 1. The Kier molecular flexibility index (Phi) is 7.22. The highest BCUT2D eigenvalue weighted by molar-refractivity contribution is 5.86. The zero-order valence-electron chi connectivity index (χ0n) is 20.3. The molecule has 1 amide bonds. The number of hydrogen-bond donors (Lipinski definition) is 2. The number of amides is 1. The number of nitrogens with one attached hydrogen (secondary N) is 2. The minimum atomic E-state index is -0.119. The molecule has 178 valence electrons. The Labute approximate surface area is 208 Å². The predicted octanol–water partition coefficient (Wildman–Crippen LogP) is 5.38. The summed E-state index contributed by atoms with van der Waals surface area (Å²) in [4.78, 5) is 15.3. The van der Waals surface area contributed by atoms with Gasteiger partial charge in [-0.1, -0.05) is 97.1 Å². The van der Waals surface area contributed by atoms with E-state index >= 15 is 0 Å². The van der Waals surface area contributed by atoms with Crippen LogP contribution in [0, 0.1) is 0 Å². The molecule has 0 aromatic heterocycles. The van der Waals surface area contributed by atoms with Crippen LogP contribution in [-0.2, 0) is 17.9 Å². The molecule has 1 heterocycles. The van der Waals surface area contributed by atoms with Gasteiger partial charge in [0, 0.05) is 32.2 Å². The molecule has 1 aliphatic heterocycles. The maximum atomic E-state index is 12.9. The molecule has 0 aliphatic carbocycles. The van der Waals surface area contributed by atoms with Crippen molar-refractivity contribution in [1.82, 2.24) is 15.5 Å². The molecular weight excluding hydrogens is 430 g/mol. The van der Waals surface area contributed by atoms with Crippen molar-refractivity contribution in [3.63, 3.8) is 0 Å². The SMILES string of the molecule is CCNC(=O)[C@@H]1C[C@H](NCc2ccc(-c3ccccc3)cc2)CN1Cc1cccc2ccccc12. The van der Waals surface area contributed by atoms with Gasteiger partial charge in [-0.3, -0.25) is 9.69 Å². The Balaban J connectivity index is 1.26. The van der Waals surface area contributed by atoms with Gasteiger partial charge in [0.25, 0.3) is 0 Å². The predicted molar refractivity (Wildman–Crippen MR) is 144 cm³/mol. The number of likely N-dealkylation sites (N-methyl/N-ethyl adjacent to an activating group) is 1. The summed E-state index contributed by atoms with van der Waals surface area (Å²) in [6, 6.07) is 34.3. The standard InChI is InChI=1S/C31H33N3O/c1-2-32-31(35)30-19-28(22-34(30)21-27-13-8-12-26-11-6-7-14-29(26)27)33-20-23-15-17-25(18-16-23)24-9-4-3-5-10-24/h3-18,28,30,33H,2,19-22H2,1H3,(H,32,35)/t28-,30-/m0/s1. The van der Waals surface area contributed by atoms with Gasteiger partial charge >= 0.3 is 0 Å². The highest BCUT2D eigenvalue weighted by Crippen LogP contribution is 2.26. The fraction of sp³-hybridized carbons (Fsp3) is 0.258. The third kappa shape index (κ3) is 5.45. The van der Waals surface area contributed by atoms with Gasteiger partial charge in [-0.25, -0.2) is 0 Å². The maximum absolute atomic E-state index is 12.9. The van der Waals surface area contributed by atoms with Crippen LogP contribution in [0.15, 0.2) is 97.1 Å². The number of carbonyl (C=O) groups excluding carboxylic acids is 1. The zero-order valence-corrected chi connectivity index (χ0v) is 20.3. The molecule has 5 rings (SSSR count). The van der Waals surface area contributed by atoms with Crippen LogP contribution < -0.4 is 10.6 Å². The number of rotatable bonds is 8.